The highest BCUT2D eigenvalue weighted by atomic mass is 16.6. The van der Waals surface area contributed by atoms with Crippen LogP contribution in [0.2, 0.25) is 0 Å². The highest BCUT2D eigenvalue weighted by Gasteiger charge is 2.55. The molecule has 7 rings (SSSR count). The first-order valence-electron chi connectivity index (χ1n) is 16.5. The number of benzene rings is 3. The number of aromatic nitrogens is 4. The second-order valence-electron chi connectivity index (χ2n) is 12.9. The highest BCUT2D eigenvalue weighted by Crippen LogP contribution is 2.50. The molecule has 0 aliphatic carbocycles. The van der Waals surface area contributed by atoms with Gasteiger partial charge in [-0.2, -0.15) is 4.98 Å². The lowest BCUT2D eigenvalue weighted by Crippen LogP contribution is -2.43. The van der Waals surface area contributed by atoms with E-state index >= 15 is 0 Å². The number of ether oxygens (including phenoxy) is 5. The van der Waals surface area contributed by atoms with E-state index in [1.165, 1.54) is 12.7 Å². The molecular formula is C38H40N6O7. The number of nitrogens with zero attached hydrogens (tertiary/aromatic N) is 5. The number of methoxy groups -OCH3 is 2. The van der Waals surface area contributed by atoms with Crippen molar-refractivity contribution in [2.45, 2.75) is 42.7 Å². The van der Waals surface area contributed by atoms with Gasteiger partial charge in [0.25, 0.3) is 5.56 Å². The van der Waals surface area contributed by atoms with Crippen molar-refractivity contribution in [2.24, 2.45) is 4.99 Å². The maximum absolute atomic E-state index is 13.0. The molecule has 2 aliphatic heterocycles. The molecule has 4 atom stereocenters. The predicted octanol–water partition coefficient (Wildman–Crippen LogP) is 4.69. The van der Waals surface area contributed by atoms with Crippen LogP contribution in [0.5, 0.6) is 11.5 Å². The van der Waals surface area contributed by atoms with E-state index in [0.29, 0.717) is 23.5 Å². The van der Waals surface area contributed by atoms with E-state index in [2.05, 4.69) is 26.5 Å². The van der Waals surface area contributed by atoms with E-state index in [4.69, 9.17) is 23.7 Å². The molecule has 2 bridgehead atoms. The van der Waals surface area contributed by atoms with Gasteiger partial charge in [0, 0.05) is 26.9 Å². The van der Waals surface area contributed by atoms with Gasteiger partial charge in [-0.15, -0.1) is 0 Å². The number of aliphatic imine (C=N–C) groups is 1. The molecule has 0 amide bonds. The highest BCUT2D eigenvalue weighted by molar-refractivity contribution is 5.71. The van der Waals surface area contributed by atoms with Gasteiger partial charge in [-0.1, -0.05) is 61.2 Å². The lowest BCUT2D eigenvalue weighted by molar-refractivity contribution is -0.184. The number of aromatic amines is 1. The Balaban J connectivity index is 1.33. The molecule has 13 heteroatoms. The number of imidazole rings is 1. The molecule has 0 unspecified atom stereocenters. The molecule has 4 heterocycles. The van der Waals surface area contributed by atoms with Gasteiger partial charge in [0.1, 0.15) is 28.8 Å². The smallest absolute Gasteiger partial charge is 0.280 e. The first-order valence-corrected chi connectivity index (χ1v) is 16.5. The number of H-pyrrole nitrogens is 1. The van der Waals surface area contributed by atoms with E-state index < -0.39 is 35.4 Å². The third kappa shape index (κ3) is 6.29. The van der Waals surface area contributed by atoms with Crippen molar-refractivity contribution in [1.29, 1.82) is 0 Å². The minimum absolute atomic E-state index is 0.0287. The molecule has 0 radical (unpaired) electrons. The maximum atomic E-state index is 13.0. The number of hydrogen-bond donors (Lipinski definition) is 2. The standard InChI is InChI=1S/C38H40N6O7/c1-24-19-31(45)50-30-20-37(24,51-35(30)44-23-39-32-33(44)41-36(42-34(32)46)40-22-43(2)3)21-49-38(25-9-7-6-8-10-25,26-11-15-28(47-4)16-12-26)27-13-17-29(48-5)18-14-27/h6-18,22-23,30-31,35,45H,1,19-21H2,2-5H3,(H,41,42,46)/b40-22+/t30-,31+,35-,37+/m1/s1. The van der Waals surface area contributed by atoms with E-state index in [1.807, 2.05) is 93.0 Å². The first-order chi connectivity index (χ1) is 24.7. The van der Waals surface area contributed by atoms with E-state index in [0.717, 1.165) is 16.7 Å². The van der Waals surface area contributed by atoms with Crippen molar-refractivity contribution in [1.82, 2.24) is 24.4 Å². The summed E-state index contributed by atoms with van der Waals surface area (Å²) in [6.45, 7) is 4.42. The number of hydrogen-bond acceptors (Lipinski definition) is 10. The van der Waals surface area contributed by atoms with Crippen LogP contribution in [0.25, 0.3) is 11.2 Å². The van der Waals surface area contributed by atoms with Gasteiger partial charge in [0.15, 0.2) is 23.7 Å². The Bertz CT molecular complexity index is 2050. The molecule has 5 aromatic rings. The Morgan fingerprint density at radius 1 is 1.04 bits per heavy atom. The summed E-state index contributed by atoms with van der Waals surface area (Å²) in [6, 6.07) is 25.5. The summed E-state index contributed by atoms with van der Waals surface area (Å²) < 4.78 is 33.0. The molecule has 0 saturated carbocycles. The lowest BCUT2D eigenvalue weighted by Gasteiger charge is -2.40. The van der Waals surface area contributed by atoms with Gasteiger partial charge in [-0.05, 0) is 46.5 Å². The van der Waals surface area contributed by atoms with E-state index in [9.17, 15) is 9.90 Å². The van der Waals surface area contributed by atoms with Crippen LogP contribution in [-0.2, 0) is 19.8 Å². The monoisotopic (exact) mass is 692 g/mol. The van der Waals surface area contributed by atoms with Crippen LogP contribution in [-0.4, -0.2) is 88.8 Å². The molecule has 2 aliphatic rings. The maximum Gasteiger partial charge on any atom is 0.280 e. The zero-order valence-corrected chi connectivity index (χ0v) is 28.9. The number of aliphatic hydroxyl groups is 1. The SMILES string of the molecule is C=C1C[C@@H](O)O[C@@H]2C[C@@]1(COC(c1ccccc1)(c1ccc(OC)cc1)c1ccc(OC)cc1)O[C@H]2n1cnc2c(=O)[nH]c(/N=C/N(C)C)nc21. The number of nitrogens with one attached hydrogen (secondary N) is 1. The van der Waals surface area contributed by atoms with Crippen LogP contribution in [0.15, 0.2) is 107 Å². The Hall–Kier alpha value is -5.34. The average molecular weight is 693 g/mol. The van der Waals surface area contributed by atoms with Crippen LogP contribution in [0, 0.1) is 0 Å². The summed E-state index contributed by atoms with van der Waals surface area (Å²) >= 11 is 0. The number of aliphatic hydroxyl groups excluding tert-OH is 1. The van der Waals surface area contributed by atoms with E-state index in [-0.39, 0.29) is 30.1 Å². The second kappa shape index (κ2) is 13.8. The minimum Gasteiger partial charge on any atom is -0.497 e. The van der Waals surface area contributed by atoms with Crippen molar-refractivity contribution in [3.05, 3.63) is 124 Å². The Labute approximate surface area is 294 Å². The molecule has 51 heavy (non-hydrogen) atoms. The van der Waals surface area contributed by atoms with Gasteiger partial charge < -0.3 is 33.7 Å². The van der Waals surface area contributed by atoms with Gasteiger partial charge in [0.2, 0.25) is 5.95 Å². The minimum atomic E-state index is -1.13. The normalized spacial score (nSPS) is 22.0. The third-order valence-corrected chi connectivity index (χ3v) is 9.39. The quantitative estimate of drug-likeness (QED) is 0.0866. The largest absolute Gasteiger partial charge is 0.497 e. The summed E-state index contributed by atoms with van der Waals surface area (Å²) in [5.74, 6) is 1.52. The molecule has 13 nitrogen and oxygen atoms in total. The Kier molecular flexibility index (Phi) is 9.21. The average Bonchev–Trinajstić information content (AvgIpc) is 3.70. The molecule has 3 aromatic carbocycles. The topological polar surface area (TPSA) is 146 Å². The van der Waals surface area contributed by atoms with Crippen LogP contribution < -0.4 is 15.0 Å². The molecule has 2 aromatic heterocycles. The van der Waals surface area contributed by atoms with Crippen LogP contribution >= 0.6 is 0 Å². The lowest BCUT2D eigenvalue weighted by atomic mass is 9.79. The fourth-order valence-electron chi connectivity index (χ4n) is 6.83. The zero-order valence-electron chi connectivity index (χ0n) is 28.9. The van der Waals surface area contributed by atoms with Crippen LogP contribution in [0.3, 0.4) is 0 Å². The molecule has 2 fully saturated rings. The summed E-state index contributed by atoms with van der Waals surface area (Å²) in [6.07, 6.45) is 0.837. The van der Waals surface area contributed by atoms with Crippen LogP contribution in [0.4, 0.5) is 5.95 Å². The molecular weight excluding hydrogens is 652 g/mol. The summed E-state index contributed by atoms with van der Waals surface area (Å²) in [7, 11) is 6.88. The molecule has 264 valence electrons. The summed E-state index contributed by atoms with van der Waals surface area (Å²) in [4.78, 5) is 30.6. The van der Waals surface area contributed by atoms with E-state index in [1.54, 1.807) is 23.7 Å². The zero-order chi connectivity index (χ0) is 35.8. The molecule has 0 spiro atoms. The Morgan fingerprint density at radius 3 is 2.27 bits per heavy atom. The summed E-state index contributed by atoms with van der Waals surface area (Å²) in [5.41, 5.74) is 0.886. The van der Waals surface area contributed by atoms with Gasteiger partial charge in [-0.25, -0.2) is 9.98 Å². The molecule has 2 saturated heterocycles. The van der Waals surface area contributed by atoms with Crippen molar-refractivity contribution < 1.29 is 28.8 Å². The van der Waals surface area contributed by atoms with Gasteiger partial charge in [-0.3, -0.25) is 14.3 Å². The van der Waals surface area contributed by atoms with Crippen molar-refractivity contribution in [3.8, 4) is 11.5 Å². The number of fused-ring (bicyclic) bond motifs is 3. The fourth-order valence-corrected chi connectivity index (χ4v) is 6.83. The predicted molar refractivity (Wildman–Crippen MR) is 190 cm³/mol. The van der Waals surface area contributed by atoms with Gasteiger partial charge in [0.05, 0.1) is 33.5 Å². The van der Waals surface area contributed by atoms with Crippen LogP contribution in [0.1, 0.15) is 35.8 Å². The summed E-state index contributed by atoms with van der Waals surface area (Å²) in [5, 5.41) is 11.0. The van der Waals surface area contributed by atoms with Crippen molar-refractivity contribution >= 4 is 23.5 Å². The molecule has 2 N–H and O–H groups in total. The fraction of sp³-hybridized carbons (Fsp3) is 0.316. The number of rotatable bonds is 11. The van der Waals surface area contributed by atoms with Crippen molar-refractivity contribution in [2.75, 3.05) is 34.9 Å². The second-order valence-corrected chi connectivity index (χ2v) is 12.9. The van der Waals surface area contributed by atoms with Gasteiger partial charge >= 0.3 is 0 Å². The third-order valence-electron chi connectivity index (χ3n) is 9.39. The van der Waals surface area contributed by atoms with Crippen molar-refractivity contribution in [3.63, 3.8) is 0 Å². The first kappa shape index (κ1) is 34.1. The Morgan fingerprint density at radius 2 is 1.67 bits per heavy atom.